The number of ether oxygens (including phenoxy) is 1. The number of nitrogens with zero attached hydrogens (tertiary/aromatic N) is 2. The van der Waals surface area contributed by atoms with E-state index < -0.39 is 54.6 Å². The molecule has 0 bridgehead atoms. The first-order chi connectivity index (χ1) is 15.8. The van der Waals surface area contributed by atoms with Crippen molar-refractivity contribution in [1.82, 2.24) is 10.1 Å². The molecule has 0 saturated carbocycles. The predicted octanol–water partition coefficient (Wildman–Crippen LogP) is 0.257. The maximum Gasteiger partial charge on any atom is 0.358 e. The van der Waals surface area contributed by atoms with Crippen LogP contribution < -0.4 is 0 Å². The topological polar surface area (TPSA) is 200 Å². The summed E-state index contributed by atoms with van der Waals surface area (Å²) >= 11 is 0. The van der Waals surface area contributed by atoms with Gasteiger partial charge in [0.1, 0.15) is 0 Å². The van der Waals surface area contributed by atoms with Gasteiger partial charge in [0, 0.05) is 38.3 Å². The third kappa shape index (κ3) is 14.9. The molecule has 0 aliphatic carbocycles. The molecular weight excluding hydrogens is 460 g/mol. The molecule has 14 heteroatoms. The minimum Gasteiger partial charge on any atom is -0.481 e. The summed E-state index contributed by atoms with van der Waals surface area (Å²) in [7, 11) is 0. The van der Waals surface area contributed by atoms with Crippen molar-refractivity contribution in [2.45, 2.75) is 59.4 Å². The van der Waals surface area contributed by atoms with Crippen LogP contribution >= 0.6 is 0 Å². The Bertz CT molecular complexity index is 686. The first-order valence-corrected chi connectivity index (χ1v) is 10.4. The number of aliphatic hydroxyl groups excluding tert-OH is 1. The van der Waals surface area contributed by atoms with E-state index in [1.807, 2.05) is 0 Å². The van der Waals surface area contributed by atoms with Crippen molar-refractivity contribution in [3.63, 3.8) is 0 Å². The predicted molar refractivity (Wildman–Crippen MR) is 115 cm³/mol. The number of carbonyl (C=O) groups excluding carboxylic acids is 2. The molecule has 0 aromatic heterocycles. The summed E-state index contributed by atoms with van der Waals surface area (Å²) in [6.45, 7) is 9.74. The van der Waals surface area contributed by atoms with E-state index >= 15 is 0 Å². The van der Waals surface area contributed by atoms with Gasteiger partial charge in [0.2, 0.25) is 0 Å². The molecule has 2 atom stereocenters. The fourth-order valence-electron chi connectivity index (χ4n) is 2.37. The number of aliphatic hydroxyl groups is 1. The lowest BCUT2D eigenvalue weighted by Crippen LogP contribution is -2.51. The highest BCUT2D eigenvalue weighted by Crippen LogP contribution is 2.26. The van der Waals surface area contributed by atoms with Gasteiger partial charge in [0.05, 0.1) is 12.8 Å². The summed E-state index contributed by atoms with van der Waals surface area (Å²) < 4.78 is 5.17. The standard InChI is InChI=1S/C16H30N2O8.C4H4O4/c1-6-17(7-2)25-14(22)11-16(10-13(20)21,24-12(5)19)15(23)26-18(8-3)9-4;5-3(6)1-2-4(7)8/h12,19H,6-11H2,1-5H3,(H,20,21);1-2H,(H,5,6)(H,7,8)/b;2-1-. The van der Waals surface area contributed by atoms with Gasteiger partial charge < -0.3 is 34.8 Å². The van der Waals surface area contributed by atoms with Gasteiger partial charge in [-0.3, -0.25) is 9.59 Å². The van der Waals surface area contributed by atoms with Crippen LogP contribution in [-0.2, 0) is 38.4 Å². The summed E-state index contributed by atoms with van der Waals surface area (Å²) in [5, 5.41) is 37.0. The average molecular weight is 494 g/mol. The van der Waals surface area contributed by atoms with Crippen molar-refractivity contribution in [3.8, 4) is 0 Å². The fraction of sp³-hybridized carbons (Fsp3) is 0.650. The number of aliphatic carboxylic acids is 3. The third-order valence-corrected chi connectivity index (χ3v) is 3.86. The van der Waals surface area contributed by atoms with E-state index in [9.17, 15) is 34.2 Å². The summed E-state index contributed by atoms with van der Waals surface area (Å²) in [4.78, 5) is 65.5. The minimum atomic E-state index is -2.22. The Labute approximate surface area is 197 Å². The molecule has 0 saturated heterocycles. The van der Waals surface area contributed by atoms with E-state index in [2.05, 4.69) is 0 Å². The summed E-state index contributed by atoms with van der Waals surface area (Å²) in [5.41, 5.74) is -2.22. The molecule has 2 unspecified atom stereocenters. The van der Waals surface area contributed by atoms with Gasteiger partial charge >= 0.3 is 29.8 Å². The number of hydroxylamine groups is 4. The number of rotatable bonds is 15. The number of hydrogen-bond donors (Lipinski definition) is 4. The van der Waals surface area contributed by atoms with Crippen LogP contribution in [0.3, 0.4) is 0 Å². The number of carbonyl (C=O) groups is 5. The second-order valence-electron chi connectivity index (χ2n) is 6.54. The third-order valence-electron chi connectivity index (χ3n) is 3.86. The normalized spacial score (nSPS) is 13.5. The maximum atomic E-state index is 12.6. The highest BCUT2D eigenvalue weighted by Gasteiger charge is 2.48. The highest BCUT2D eigenvalue weighted by atomic mass is 16.7. The zero-order valence-electron chi connectivity index (χ0n) is 19.9. The van der Waals surface area contributed by atoms with Crippen LogP contribution in [-0.4, -0.2) is 98.5 Å². The van der Waals surface area contributed by atoms with E-state index in [1.165, 1.54) is 17.1 Å². The van der Waals surface area contributed by atoms with Crippen molar-refractivity contribution >= 4 is 29.8 Å². The van der Waals surface area contributed by atoms with Crippen molar-refractivity contribution in [3.05, 3.63) is 12.2 Å². The number of hydrogen-bond acceptors (Lipinski definition) is 11. The Balaban J connectivity index is 0. The molecule has 34 heavy (non-hydrogen) atoms. The lowest BCUT2D eigenvalue weighted by molar-refractivity contribution is -0.243. The average Bonchev–Trinajstić information content (AvgIpc) is 2.73. The Morgan fingerprint density at radius 2 is 1.21 bits per heavy atom. The monoisotopic (exact) mass is 494 g/mol. The summed E-state index contributed by atoms with van der Waals surface area (Å²) in [6.07, 6.45) is -1.98. The Morgan fingerprint density at radius 3 is 1.53 bits per heavy atom. The molecule has 0 rings (SSSR count). The number of carboxylic acids is 3. The Kier molecular flexibility index (Phi) is 17.0. The van der Waals surface area contributed by atoms with Gasteiger partial charge in [-0.1, -0.05) is 0 Å². The molecule has 0 heterocycles. The molecule has 0 aromatic rings. The molecule has 0 fully saturated rings. The SMILES string of the molecule is CCN(CC)OC(=O)CC(CC(=O)O)(OC(C)O)C(=O)ON(CC)CC.O=C(O)/C=C\C(=O)O. The summed E-state index contributed by atoms with van der Waals surface area (Å²) in [6, 6.07) is 0. The largest absolute Gasteiger partial charge is 0.481 e. The highest BCUT2D eigenvalue weighted by molar-refractivity contribution is 5.90. The number of carboxylic acid groups (broad SMARTS) is 3. The molecule has 196 valence electrons. The van der Waals surface area contributed by atoms with Crippen LogP contribution in [0, 0.1) is 0 Å². The smallest absolute Gasteiger partial charge is 0.358 e. The quantitative estimate of drug-likeness (QED) is 0.137. The minimum absolute atomic E-state index is 0.351. The van der Waals surface area contributed by atoms with E-state index in [-0.39, 0.29) is 0 Å². The van der Waals surface area contributed by atoms with E-state index in [0.717, 1.165) is 0 Å². The van der Waals surface area contributed by atoms with Gasteiger partial charge in [-0.25, -0.2) is 14.4 Å². The molecule has 0 aliphatic rings. The summed E-state index contributed by atoms with van der Waals surface area (Å²) in [5.74, 6) is -5.86. The molecule has 0 aromatic carbocycles. The maximum absolute atomic E-state index is 12.6. The first-order valence-electron chi connectivity index (χ1n) is 10.4. The van der Waals surface area contributed by atoms with Crippen LogP contribution in [0.15, 0.2) is 12.2 Å². The lowest BCUT2D eigenvalue weighted by atomic mass is 9.95. The van der Waals surface area contributed by atoms with Crippen molar-refractivity contribution in [2.75, 3.05) is 26.2 Å². The molecule has 0 aliphatic heterocycles. The van der Waals surface area contributed by atoms with Crippen molar-refractivity contribution in [2.24, 2.45) is 0 Å². The van der Waals surface area contributed by atoms with Gasteiger partial charge in [-0.2, -0.15) is 0 Å². The van der Waals surface area contributed by atoms with Gasteiger partial charge in [0.25, 0.3) is 0 Å². The molecule has 14 nitrogen and oxygen atoms in total. The van der Waals surface area contributed by atoms with Crippen molar-refractivity contribution < 1.29 is 58.8 Å². The fourth-order valence-corrected chi connectivity index (χ4v) is 2.37. The zero-order valence-corrected chi connectivity index (χ0v) is 19.9. The first kappa shape index (κ1) is 33.1. The molecular formula is C20H34N2O12. The van der Waals surface area contributed by atoms with Gasteiger partial charge in [0.15, 0.2) is 11.9 Å². The molecule has 4 N–H and O–H groups in total. The van der Waals surface area contributed by atoms with Crippen LogP contribution in [0.2, 0.25) is 0 Å². The lowest BCUT2D eigenvalue weighted by Gasteiger charge is -2.32. The molecule has 0 radical (unpaired) electrons. The van der Waals surface area contributed by atoms with E-state index in [1.54, 1.807) is 27.7 Å². The Hall–Kier alpha value is -3.07. The zero-order chi connectivity index (χ0) is 26.9. The van der Waals surface area contributed by atoms with Crippen LogP contribution in [0.1, 0.15) is 47.5 Å². The molecule has 0 amide bonds. The van der Waals surface area contributed by atoms with Crippen LogP contribution in [0.5, 0.6) is 0 Å². The van der Waals surface area contributed by atoms with Crippen LogP contribution in [0.25, 0.3) is 0 Å². The van der Waals surface area contributed by atoms with Gasteiger partial charge in [-0.15, -0.1) is 10.1 Å². The van der Waals surface area contributed by atoms with Crippen molar-refractivity contribution in [1.29, 1.82) is 0 Å². The van der Waals surface area contributed by atoms with E-state index in [4.69, 9.17) is 24.6 Å². The van der Waals surface area contributed by atoms with Crippen LogP contribution in [0.4, 0.5) is 0 Å². The van der Waals surface area contributed by atoms with Gasteiger partial charge in [-0.05, 0) is 34.6 Å². The van der Waals surface area contributed by atoms with E-state index in [0.29, 0.717) is 38.3 Å². The second kappa shape index (κ2) is 17.4. The second-order valence-corrected chi connectivity index (χ2v) is 6.54. The Morgan fingerprint density at radius 1 is 0.794 bits per heavy atom. The molecule has 0 spiro atoms.